The van der Waals surface area contributed by atoms with Crippen LogP contribution >= 0.6 is 11.8 Å². The van der Waals surface area contributed by atoms with Gasteiger partial charge in [-0.2, -0.15) is 0 Å². The fourth-order valence-electron chi connectivity index (χ4n) is 8.79. The third kappa shape index (κ3) is 6.74. The first kappa shape index (κ1) is 31.5. The van der Waals surface area contributed by atoms with Gasteiger partial charge in [-0.25, -0.2) is 4.79 Å². The number of esters is 1. The van der Waals surface area contributed by atoms with E-state index in [-0.39, 0.29) is 48.0 Å². The molecule has 2 amide bonds. The Bertz CT molecular complexity index is 1480. The molecule has 4 saturated carbocycles. The van der Waals surface area contributed by atoms with Crippen LogP contribution in [0.1, 0.15) is 57.1 Å². The van der Waals surface area contributed by atoms with Crippen molar-refractivity contribution in [2.24, 2.45) is 23.7 Å². The molecule has 240 valence electrons. The lowest BCUT2D eigenvalue weighted by Crippen LogP contribution is -2.69. The molecule has 45 heavy (non-hydrogen) atoms. The van der Waals surface area contributed by atoms with Crippen LogP contribution in [0.25, 0.3) is 10.9 Å². The molecule has 4 fully saturated rings. The van der Waals surface area contributed by atoms with E-state index >= 15 is 0 Å². The highest BCUT2D eigenvalue weighted by atomic mass is 32.2. The van der Waals surface area contributed by atoms with Gasteiger partial charge in [0.15, 0.2) is 0 Å². The molecule has 3 N–H and O–H groups in total. The maximum absolute atomic E-state index is 14.8. The van der Waals surface area contributed by atoms with Gasteiger partial charge in [0.05, 0.1) is 12.4 Å². The van der Waals surface area contributed by atoms with Gasteiger partial charge in [0.1, 0.15) is 5.54 Å². The van der Waals surface area contributed by atoms with Gasteiger partial charge >= 0.3 is 12.1 Å². The van der Waals surface area contributed by atoms with Crippen molar-refractivity contribution in [3.8, 4) is 0 Å². The van der Waals surface area contributed by atoms with Gasteiger partial charge in [-0.1, -0.05) is 48.5 Å². The van der Waals surface area contributed by atoms with Crippen LogP contribution in [0, 0.1) is 23.7 Å². The van der Waals surface area contributed by atoms with Gasteiger partial charge in [0, 0.05) is 41.4 Å². The van der Waals surface area contributed by atoms with Crippen molar-refractivity contribution >= 4 is 40.6 Å². The SMILES string of the molecule is CCOC(=O)CSC[C@H](Cc1ccccc1)NC(=O)[C@@](C)(Cc1c[nH]c2ccccc12)N(C(=O)O)C1C2CC3CC(C2)CC1C3. The molecule has 8 nitrogen and oxygen atoms in total. The third-order valence-electron chi connectivity index (χ3n) is 10.4. The molecule has 4 aliphatic carbocycles. The molecule has 0 unspecified atom stereocenters. The predicted molar refractivity (Wildman–Crippen MR) is 177 cm³/mol. The van der Waals surface area contributed by atoms with E-state index in [1.165, 1.54) is 18.2 Å². The summed E-state index contributed by atoms with van der Waals surface area (Å²) in [7, 11) is 0. The second kappa shape index (κ2) is 13.5. The number of rotatable bonds is 13. The molecule has 2 atom stereocenters. The Kier molecular flexibility index (Phi) is 9.45. The second-order valence-corrected chi connectivity index (χ2v) is 14.6. The van der Waals surface area contributed by atoms with Crippen molar-refractivity contribution < 1.29 is 24.2 Å². The molecule has 1 heterocycles. The number of carboxylic acid groups (broad SMARTS) is 1. The number of fused-ring (bicyclic) bond motifs is 1. The van der Waals surface area contributed by atoms with Crippen molar-refractivity contribution in [1.29, 1.82) is 0 Å². The molecule has 0 aliphatic heterocycles. The first-order valence-corrected chi connectivity index (χ1v) is 17.6. The summed E-state index contributed by atoms with van der Waals surface area (Å²) < 4.78 is 5.12. The number of carbonyl (C=O) groups excluding carboxylic acids is 2. The minimum atomic E-state index is -1.35. The third-order valence-corrected chi connectivity index (χ3v) is 11.5. The van der Waals surface area contributed by atoms with E-state index in [4.69, 9.17) is 4.74 Å². The first-order chi connectivity index (χ1) is 21.7. The highest BCUT2D eigenvalue weighted by Gasteiger charge is 2.56. The monoisotopic (exact) mass is 631 g/mol. The Morgan fingerprint density at radius 3 is 2.36 bits per heavy atom. The van der Waals surface area contributed by atoms with Gasteiger partial charge in [-0.15, -0.1) is 11.8 Å². The predicted octanol–water partition coefficient (Wildman–Crippen LogP) is 6.30. The van der Waals surface area contributed by atoms with Crippen molar-refractivity contribution in [3.63, 3.8) is 0 Å². The summed E-state index contributed by atoms with van der Waals surface area (Å²) in [6.45, 7) is 3.94. The summed E-state index contributed by atoms with van der Waals surface area (Å²) >= 11 is 1.43. The average Bonchev–Trinajstić information content (AvgIpc) is 3.41. The van der Waals surface area contributed by atoms with E-state index in [9.17, 15) is 19.5 Å². The van der Waals surface area contributed by atoms with Crippen LogP contribution in [-0.2, 0) is 27.2 Å². The normalized spacial score (nSPS) is 25.4. The van der Waals surface area contributed by atoms with Crippen molar-refractivity contribution in [2.45, 2.75) is 76.4 Å². The zero-order valence-corrected chi connectivity index (χ0v) is 27.1. The van der Waals surface area contributed by atoms with Crippen molar-refractivity contribution in [3.05, 3.63) is 71.9 Å². The summed E-state index contributed by atoms with van der Waals surface area (Å²) in [5.41, 5.74) is 1.60. The quantitative estimate of drug-likeness (QED) is 0.191. The number of amides is 2. The molecule has 9 heteroatoms. The Morgan fingerprint density at radius 2 is 1.69 bits per heavy atom. The van der Waals surface area contributed by atoms with Crippen LogP contribution in [0.2, 0.25) is 0 Å². The number of H-pyrrole nitrogens is 1. The van der Waals surface area contributed by atoms with Gasteiger partial charge in [0.25, 0.3) is 0 Å². The van der Waals surface area contributed by atoms with E-state index in [0.29, 0.717) is 30.6 Å². The molecule has 1 aromatic heterocycles. The second-order valence-electron chi connectivity index (χ2n) is 13.6. The van der Waals surface area contributed by atoms with Gasteiger partial charge < -0.3 is 20.1 Å². The number of aromatic nitrogens is 1. The van der Waals surface area contributed by atoms with E-state index in [1.54, 1.807) is 11.8 Å². The summed E-state index contributed by atoms with van der Waals surface area (Å²) in [5.74, 6) is 2.04. The average molecular weight is 632 g/mol. The highest BCUT2D eigenvalue weighted by Crippen LogP contribution is 2.56. The van der Waals surface area contributed by atoms with Gasteiger partial charge in [-0.05, 0) is 93.2 Å². The summed E-state index contributed by atoms with van der Waals surface area (Å²) in [6, 6.07) is 17.4. The van der Waals surface area contributed by atoms with Crippen LogP contribution in [0.4, 0.5) is 4.79 Å². The topological polar surface area (TPSA) is 112 Å². The number of aromatic amines is 1. The Balaban J connectivity index is 1.33. The smallest absolute Gasteiger partial charge is 0.408 e. The van der Waals surface area contributed by atoms with Crippen LogP contribution in [0.5, 0.6) is 0 Å². The van der Waals surface area contributed by atoms with E-state index < -0.39 is 11.6 Å². The number of thioether (sulfide) groups is 1. The highest BCUT2D eigenvalue weighted by molar-refractivity contribution is 7.99. The first-order valence-electron chi connectivity index (χ1n) is 16.4. The molecule has 3 aromatic rings. The number of para-hydroxylation sites is 1. The maximum Gasteiger partial charge on any atom is 0.408 e. The lowest BCUT2D eigenvalue weighted by molar-refractivity contribution is -0.141. The molecule has 2 aromatic carbocycles. The molecule has 0 spiro atoms. The molecule has 0 radical (unpaired) electrons. The summed E-state index contributed by atoms with van der Waals surface area (Å²) in [6.07, 6.45) is 7.18. The molecular formula is C36H45N3O5S. The minimum absolute atomic E-state index is 0.179. The van der Waals surface area contributed by atoms with Crippen LogP contribution in [-0.4, -0.2) is 68.7 Å². The molecule has 4 aliphatic rings. The zero-order chi connectivity index (χ0) is 31.6. The fraction of sp³-hybridized carbons (Fsp3) is 0.528. The number of benzene rings is 2. The van der Waals surface area contributed by atoms with Gasteiger partial charge in [-0.3, -0.25) is 14.5 Å². The van der Waals surface area contributed by atoms with E-state index in [0.717, 1.165) is 47.7 Å². The number of nitrogens with one attached hydrogen (secondary N) is 2. The lowest BCUT2D eigenvalue weighted by atomic mass is 9.53. The van der Waals surface area contributed by atoms with Crippen molar-refractivity contribution in [1.82, 2.24) is 15.2 Å². The summed E-state index contributed by atoms with van der Waals surface area (Å²) in [4.78, 5) is 45.2. The van der Waals surface area contributed by atoms with Crippen molar-refractivity contribution in [2.75, 3.05) is 18.1 Å². The molecule has 7 rings (SSSR count). The lowest BCUT2D eigenvalue weighted by Gasteiger charge is -2.59. The number of ether oxygens (including phenoxy) is 1. The largest absolute Gasteiger partial charge is 0.465 e. The van der Waals surface area contributed by atoms with Crippen LogP contribution in [0.3, 0.4) is 0 Å². The number of hydrogen-bond acceptors (Lipinski definition) is 5. The molecular weight excluding hydrogens is 586 g/mol. The fourth-order valence-corrected chi connectivity index (χ4v) is 9.64. The van der Waals surface area contributed by atoms with Crippen LogP contribution < -0.4 is 5.32 Å². The number of hydrogen-bond donors (Lipinski definition) is 3. The Labute approximate surface area is 269 Å². The molecule has 0 saturated heterocycles. The Hall–Kier alpha value is -3.46. The zero-order valence-electron chi connectivity index (χ0n) is 26.2. The van der Waals surface area contributed by atoms with Gasteiger partial charge in [0.2, 0.25) is 5.91 Å². The Morgan fingerprint density at radius 1 is 1.02 bits per heavy atom. The maximum atomic E-state index is 14.8. The number of nitrogens with zero attached hydrogens (tertiary/aromatic N) is 1. The standard InChI is InChI=1S/C36H45N3O5S/c1-3-44-32(40)22-45-21-29(18-23-9-5-4-6-10-23)38-34(41)36(2,19-28-20-37-31-12-8-7-11-30(28)31)39(35(42)43)33-26-14-24-13-25(16-26)17-27(33)15-24/h4-12,20,24-27,29,33,37H,3,13-19,21-22H2,1-2H3,(H,38,41)(H,42,43)/t24?,25?,26?,27?,29-,33?,36+/m0/s1. The molecule has 4 bridgehead atoms. The minimum Gasteiger partial charge on any atom is -0.465 e. The number of carbonyl (C=O) groups is 3. The summed E-state index contributed by atoms with van der Waals surface area (Å²) in [5, 5.41) is 15.3. The van der Waals surface area contributed by atoms with Crippen LogP contribution in [0.15, 0.2) is 60.8 Å². The van der Waals surface area contributed by atoms with E-state index in [1.807, 2.05) is 67.7 Å². The van der Waals surface area contributed by atoms with E-state index in [2.05, 4.69) is 10.3 Å².